The highest BCUT2D eigenvalue weighted by Gasteiger charge is 2.43. The van der Waals surface area contributed by atoms with E-state index in [0.717, 1.165) is 48.8 Å². The Morgan fingerprint density at radius 1 is 0.486 bits per heavy atom. The van der Waals surface area contributed by atoms with Crippen molar-refractivity contribution in [2.45, 2.75) is 161 Å². The van der Waals surface area contributed by atoms with Crippen LogP contribution < -0.4 is 21.1 Å². The first-order chi connectivity index (χ1) is 34.0. The standard InChI is InChI=1S/C67H71BN2OS/c1-38-32-45-49(67(12,13)31-28-63(45,4)5)36-52(38)70-51-25-23-41-40-18-15-17-21-56(40)72-61(41)60(51)68-59-53(70)37-55-57(42-19-14-16-20-54(42)71-55)58(59)43-34-47-48(66(10,11)30-29-65(47,8)9)35-50(43)69-39-22-24-44-46(33-39)64(6,7)27-26-62(44,2)3/h14-25,32-37,68-69H,26-31H2,1-13H3. The van der Waals surface area contributed by atoms with E-state index in [-0.39, 0.29) is 32.5 Å². The van der Waals surface area contributed by atoms with Crippen LogP contribution in [0.5, 0.6) is 0 Å². The molecular formula is C67H71BN2OS. The summed E-state index contributed by atoms with van der Waals surface area (Å²) in [6.07, 6.45) is 7.01. The fourth-order valence-electron chi connectivity index (χ4n) is 14.1. The molecule has 0 amide bonds. The lowest BCUT2D eigenvalue weighted by molar-refractivity contribution is 0.332. The number of hydrogen-bond donors (Lipinski definition) is 1. The lowest BCUT2D eigenvalue weighted by Gasteiger charge is -2.44. The molecule has 7 aromatic carbocycles. The highest BCUT2D eigenvalue weighted by molar-refractivity contribution is 7.27. The molecule has 13 rings (SSSR count). The number of fused-ring (bicyclic) bond motifs is 12. The number of rotatable bonds is 4. The van der Waals surface area contributed by atoms with Crippen LogP contribution in [0.3, 0.4) is 0 Å². The maximum atomic E-state index is 7.15. The quantitative estimate of drug-likeness (QED) is 0.178. The Labute approximate surface area is 432 Å². The predicted octanol–water partition coefficient (Wildman–Crippen LogP) is 17.9. The van der Waals surface area contributed by atoms with Crippen LogP contribution in [0.15, 0.2) is 114 Å². The molecule has 9 aromatic rings. The van der Waals surface area contributed by atoms with Crippen molar-refractivity contribution in [3.63, 3.8) is 0 Å². The zero-order valence-corrected chi connectivity index (χ0v) is 45.9. The van der Waals surface area contributed by atoms with Crippen molar-refractivity contribution >= 4 is 100 Å². The Morgan fingerprint density at radius 2 is 1.06 bits per heavy atom. The van der Waals surface area contributed by atoms with Gasteiger partial charge in [0.25, 0.3) is 0 Å². The number of para-hydroxylation sites is 1. The molecule has 364 valence electrons. The molecule has 3 aliphatic carbocycles. The van der Waals surface area contributed by atoms with E-state index in [1.807, 2.05) is 11.3 Å². The summed E-state index contributed by atoms with van der Waals surface area (Å²) in [6, 6.07) is 42.7. The van der Waals surface area contributed by atoms with E-state index in [0.29, 0.717) is 0 Å². The molecule has 5 heteroatoms. The molecule has 1 N–H and O–H groups in total. The van der Waals surface area contributed by atoms with Crippen LogP contribution in [0.1, 0.15) is 161 Å². The van der Waals surface area contributed by atoms with Crippen molar-refractivity contribution in [2.24, 2.45) is 0 Å². The van der Waals surface area contributed by atoms with E-state index >= 15 is 0 Å². The Balaban J connectivity index is 1.15. The third-order valence-corrected chi connectivity index (χ3v) is 20.3. The van der Waals surface area contributed by atoms with Gasteiger partial charge in [0.2, 0.25) is 7.28 Å². The van der Waals surface area contributed by atoms with E-state index in [1.165, 1.54) is 129 Å². The summed E-state index contributed by atoms with van der Waals surface area (Å²) < 4.78 is 9.87. The summed E-state index contributed by atoms with van der Waals surface area (Å²) in [7, 11) is 0.798. The minimum absolute atomic E-state index is 0.00528. The van der Waals surface area contributed by atoms with Gasteiger partial charge in [0.1, 0.15) is 11.2 Å². The molecule has 2 aromatic heterocycles. The number of anilines is 5. The molecule has 3 nitrogen and oxygen atoms in total. The number of nitrogens with one attached hydrogen (secondary N) is 1. The minimum atomic E-state index is -0.00528. The second kappa shape index (κ2) is 15.2. The van der Waals surface area contributed by atoms with Gasteiger partial charge in [-0.3, -0.25) is 0 Å². The van der Waals surface area contributed by atoms with Gasteiger partial charge < -0.3 is 14.6 Å². The van der Waals surface area contributed by atoms with Crippen molar-refractivity contribution in [2.75, 3.05) is 10.2 Å². The van der Waals surface area contributed by atoms with Gasteiger partial charge in [-0.25, -0.2) is 0 Å². The molecule has 72 heavy (non-hydrogen) atoms. The van der Waals surface area contributed by atoms with Crippen molar-refractivity contribution in [1.82, 2.24) is 0 Å². The molecular weight excluding hydrogens is 892 g/mol. The Morgan fingerprint density at radius 3 is 1.74 bits per heavy atom. The zero-order valence-electron chi connectivity index (χ0n) is 45.1. The zero-order chi connectivity index (χ0) is 50.2. The van der Waals surface area contributed by atoms with Crippen molar-refractivity contribution in [3.8, 4) is 11.1 Å². The van der Waals surface area contributed by atoms with Gasteiger partial charge in [0, 0.05) is 65.6 Å². The maximum Gasteiger partial charge on any atom is 0.200 e. The van der Waals surface area contributed by atoms with Gasteiger partial charge in [-0.15, -0.1) is 11.3 Å². The lowest BCUT2D eigenvalue weighted by atomic mass is 9.57. The number of aryl methyl sites for hydroxylation is 1. The van der Waals surface area contributed by atoms with Gasteiger partial charge in [0.05, 0.1) is 0 Å². The third-order valence-electron chi connectivity index (χ3n) is 19.0. The number of furan rings is 1. The SMILES string of the molecule is Cc1cc2c(cc1N1c3cc4oc5ccccc5c4c(-c4cc5c(cc4Nc4ccc6c(c4)C(C)(C)CCC6(C)C)C(C)(C)CCC5(C)C)c3Bc3c1ccc1c3sc3ccccc31)C(C)(C)CCC2(C)C. The minimum Gasteiger partial charge on any atom is -0.456 e. The molecule has 0 bridgehead atoms. The molecule has 3 heterocycles. The van der Waals surface area contributed by atoms with Gasteiger partial charge in [-0.05, 0) is 187 Å². The van der Waals surface area contributed by atoms with Crippen LogP contribution in [-0.4, -0.2) is 7.28 Å². The Hall–Kier alpha value is -5.78. The average molecular weight is 963 g/mol. The molecule has 4 aliphatic rings. The van der Waals surface area contributed by atoms with E-state index in [4.69, 9.17) is 4.42 Å². The molecule has 0 saturated heterocycles. The second-order valence-corrected chi connectivity index (χ2v) is 27.6. The van der Waals surface area contributed by atoms with Crippen LogP contribution in [0.2, 0.25) is 0 Å². The smallest absolute Gasteiger partial charge is 0.200 e. The highest BCUT2D eigenvalue weighted by Crippen LogP contribution is 2.55. The number of hydrogen-bond acceptors (Lipinski definition) is 4. The third kappa shape index (κ3) is 6.74. The van der Waals surface area contributed by atoms with Gasteiger partial charge >= 0.3 is 0 Å². The first-order valence-corrected chi connectivity index (χ1v) is 27.8. The first-order valence-electron chi connectivity index (χ1n) is 27.0. The monoisotopic (exact) mass is 963 g/mol. The number of thiophene rings is 1. The normalized spacial score (nSPS) is 19.6. The topological polar surface area (TPSA) is 28.4 Å². The fourth-order valence-corrected chi connectivity index (χ4v) is 15.3. The van der Waals surface area contributed by atoms with Gasteiger partial charge in [-0.2, -0.15) is 0 Å². The summed E-state index contributed by atoms with van der Waals surface area (Å²) >= 11 is 1.96. The second-order valence-electron chi connectivity index (χ2n) is 26.6. The van der Waals surface area contributed by atoms with E-state index < -0.39 is 0 Å². The summed E-state index contributed by atoms with van der Waals surface area (Å²) in [5.41, 5.74) is 23.7. The van der Waals surface area contributed by atoms with E-state index in [1.54, 1.807) is 0 Å². The van der Waals surface area contributed by atoms with Crippen molar-refractivity contribution in [1.29, 1.82) is 0 Å². The fraction of sp³-hybridized carbons (Fsp3) is 0.373. The molecule has 0 unspecified atom stereocenters. The summed E-state index contributed by atoms with van der Waals surface area (Å²) in [4.78, 5) is 2.66. The summed E-state index contributed by atoms with van der Waals surface area (Å²) in [5.74, 6) is 0. The molecule has 0 spiro atoms. The Bertz CT molecular complexity index is 3800. The van der Waals surface area contributed by atoms with Crippen LogP contribution in [-0.2, 0) is 32.5 Å². The van der Waals surface area contributed by atoms with Crippen LogP contribution >= 0.6 is 11.3 Å². The van der Waals surface area contributed by atoms with Crippen LogP contribution in [0.25, 0.3) is 53.2 Å². The molecule has 0 fully saturated rings. The number of benzene rings is 7. The van der Waals surface area contributed by atoms with Crippen molar-refractivity contribution < 1.29 is 4.42 Å². The van der Waals surface area contributed by atoms with Crippen molar-refractivity contribution in [3.05, 3.63) is 148 Å². The molecule has 0 radical (unpaired) electrons. The average Bonchev–Trinajstić information content (AvgIpc) is 3.91. The molecule has 1 aliphatic heterocycles. The maximum absolute atomic E-state index is 7.15. The van der Waals surface area contributed by atoms with Gasteiger partial charge in [-0.1, -0.05) is 138 Å². The van der Waals surface area contributed by atoms with E-state index in [9.17, 15) is 0 Å². The Kier molecular flexibility index (Phi) is 9.69. The van der Waals surface area contributed by atoms with E-state index in [2.05, 4.69) is 209 Å². The molecule has 0 saturated carbocycles. The summed E-state index contributed by atoms with van der Waals surface area (Å²) in [6.45, 7) is 31.8. The number of nitrogens with zero attached hydrogens (tertiary/aromatic N) is 1. The van der Waals surface area contributed by atoms with Gasteiger partial charge in [0.15, 0.2) is 0 Å². The highest BCUT2D eigenvalue weighted by atomic mass is 32.1. The summed E-state index contributed by atoms with van der Waals surface area (Å²) in [5, 5.41) is 9.29. The lowest BCUT2D eigenvalue weighted by Crippen LogP contribution is -2.42. The first kappa shape index (κ1) is 46.0. The molecule has 0 atom stereocenters. The largest absolute Gasteiger partial charge is 0.456 e. The predicted molar refractivity (Wildman–Crippen MR) is 313 cm³/mol. The van der Waals surface area contributed by atoms with Crippen LogP contribution in [0, 0.1) is 6.92 Å². The van der Waals surface area contributed by atoms with Crippen LogP contribution in [0.4, 0.5) is 28.4 Å².